The number of rotatable bonds is 4. The Kier molecular flexibility index (Phi) is 5.59. The van der Waals surface area contributed by atoms with Gasteiger partial charge in [0.25, 0.3) is 11.5 Å². The van der Waals surface area contributed by atoms with E-state index in [0.717, 1.165) is 23.3 Å². The second-order valence-corrected chi connectivity index (χ2v) is 6.82. The van der Waals surface area contributed by atoms with Crippen LogP contribution in [0.1, 0.15) is 32.6 Å². The molecule has 0 aliphatic carbocycles. The highest BCUT2D eigenvalue weighted by Gasteiger charge is 2.29. The van der Waals surface area contributed by atoms with Gasteiger partial charge in [-0.15, -0.1) is 0 Å². The summed E-state index contributed by atoms with van der Waals surface area (Å²) in [6.07, 6.45) is -2.92. The molecular formula is C22H19F3N2O2. The normalized spacial score (nSPS) is 11.3. The highest BCUT2D eigenvalue weighted by atomic mass is 19.4. The van der Waals surface area contributed by atoms with E-state index in [1.54, 1.807) is 6.07 Å². The molecule has 4 nitrogen and oxygen atoms in total. The van der Waals surface area contributed by atoms with E-state index in [2.05, 4.69) is 5.32 Å². The number of alkyl halides is 3. The summed E-state index contributed by atoms with van der Waals surface area (Å²) in [5.41, 5.74) is 1.66. The summed E-state index contributed by atoms with van der Waals surface area (Å²) in [7, 11) is 0. The number of halogens is 3. The van der Waals surface area contributed by atoms with Gasteiger partial charge < -0.3 is 9.88 Å². The molecule has 0 aliphatic heterocycles. The fraction of sp³-hybridized carbons (Fsp3) is 0.182. The first-order valence-electron chi connectivity index (χ1n) is 8.89. The highest BCUT2D eigenvalue weighted by molar-refractivity contribution is 6.04. The Hall–Kier alpha value is -3.35. The Bertz CT molecular complexity index is 1100. The number of nitrogens with one attached hydrogen (secondary N) is 1. The zero-order chi connectivity index (χ0) is 21.2. The average Bonchev–Trinajstić information content (AvgIpc) is 2.66. The number of aromatic nitrogens is 1. The second-order valence-electron chi connectivity index (χ2n) is 6.82. The van der Waals surface area contributed by atoms with Crippen LogP contribution in [0.4, 0.5) is 18.9 Å². The molecule has 3 aromatic rings. The summed E-state index contributed by atoms with van der Waals surface area (Å²) in [6, 6.07) is 13.2. The van der Waals surface area contributed by atoms with Crippen molar-refractivity contribution in [3.63, 3.8) is 0 Å². The molecule has 1 heterocycles. The molecule has 0 fully saturated rings. The third kappa shape index (κ3) is 4.74. The van der Waals surface area contributed by atoms with Gasteiger partial charge in [-0.25, -0.2) is 0 Å². The number of anilines is 1. The van der Waals surface area contributed by atoms with Gasteiger partial charge in [0.15, 0.2) is 0 Å². The van der Waals surface area contributed by atoms with Gasteiger partial charge in [0, 0.05) is 11.9 Å². The first kappa shape index (κ1) is 20.4. The lowest BCUT2D eigenvalue weighted by molar-refractivity contribution is -0.137. The van der Waals surface area contributed by atoms with Gasteiger partial charge in [-0.2, -0.15) is 13.2 Å². The number of hydrogen-bond acceptors (Lipinski definition) is 2. The SMILES string of the molecule is Cc1ccc(C)c(NC(=O)c2cccn(Cc3ccc(C(F)(F)F)cc3)c2=O)c1. The molecule has 0 spiro atoms. The van der Waals surface area contributed by atoms with E-state index in [1.807, 2.05) is 32.0 Å². The monoisotopic (exact) mass is 400 g/mol. The molecule has 0 unspecified atom stereocenters. The number of amides is 1. The number of nitrogens with zero attached hydrogens (tertiary/aromatic N) is 1. The standard InChI is InChI=1S/C22H19F3N2O2/c1-14-5-6-15(2)19(12-14)26-20(28)18-4-3-11-27(21(18)29)13-16-7-9-17(10-8-16)22(23,24)25/h3-12H,13H2,1-2H3,(H,26,28). The Morgan fingerprint density at radius 1 is 1.03 bits per heavy atom. The maximum absolute atomic E-state index is 12.7. The van der Waals surface area contributed by atoms with Crippen LogP contribution in [0.5, 0.6) is 0 Å². The summed E-state index contributed by atoms with van der Waals surface area (Å²) in [4.78, 5) is 25.3. The van der Waals surface area contributed by atoms with Gasteiger partial charge in [-0.3, -0.25) is 9.59 Å². The van der Waals surface area contributed by atoms with E-state index in [9.17, 15) is 22.8 Å². The van der Waals surface area contributed by atoms with Crippen LogP contribution in [0.15, 0.2) is 65.6 Å². The van der Waals surface area contributed by atoms with Crippen molar-refractivity contribution in [1.82, 2.24) is 4.57 Å². The van der Waals surface area contributed by atoms with Crippen molar-refractivity contribution in [3.8, 4) is 0 Å². The van der Waals surface area contributed by atoms with Crippen LogP contribution >= 0.6 is 0 Å². The maximum Gasteiger partial charge on any atom is 0.416 e. The summed E-state index contributed by atoms with van der Waals surface area (Å²) >= 11 is 0. The molecular weight excluding hydrogens is 381 g/mol. The number of aryl methyl sites for hydroxylation is 2. The number of pyridine rings is 1. The van der Waals surface area contributed by atoms with Gasteiger partial charge in [0.05, 0.1) is 12.1 Å². The van der Waals surface area contributed by atoms with Crippen molar-refractivity contribution >= 4 is 11.6 Å². The quantitative estimate of drug-likeness (QED) is 0.685. The number of carbonyl (C=O) groups excluding carboxylic acids is 1. The third-order valence-corrected chi connectivity index (χ3v) is 4.54. The summed E-state index contributed by atoms with van der Waals surface area (Å²) in [5.74, 6) is -0.537. The minimum Gasteiger partial charge on any atom is -0.322 e. The second kappa shape index (κ2) is 7.95. The molecule has 1 amide bonds. The molecule has 1 aromatic heterocycles. The van der Waals surface area contributed by atoms with Crippen LogP contribution in [-0.4, -0.2) is 10.5 Å². The molecule has 0 aliphatic rings. The van der Waals surface area contributed by atoms with Crippen LogP contribution in [0.3, 0.4) is 0 Å². The van der Waals surface area contributed by atoms with Gasteiger partial charge >= 0.3 is 6.18 Å². The van der Waals surface area contributed by atoms with Crippen LogP contribution in [-0.2, 0) is 12.7 Å². The molecule has 0 saturated heterocycles. The first-order valence-corrected chi connectivity index (χ1v) is 8.89. The van der Waals surface area contributed by atoms with Gasteiger partial charge in [-0.1, -0.05) is 24.3 Å². The highest BCUT2D eigenvalue weighted by Crippen LogP contribution is 2.29. The first-order chi connectivity index (χ1) is 13.6. The lowest BCUT2D eigenvalue weighted by Gasteiger charge is -2.12. The van der Waals surface area contributed by atoms with Crippen molar-refractivity contribution < 1.29 is 18.0 Å². The van der Waals surface area contributed by atoms with E-state index in [4.69, 9.17) is 0 Å². The summed E-state index contributed by atoms with van der Waals surface area (Å²) < 4.78 is 39.3. The molecule has 7 heteroatoms. The van der Waals surface area contributed by atoms with Crippen LogP contribution in [0.25, 0.3) is 0 Å². The molecule has 29 heavy (non-hydrogen) atoms. The van der Waals surface area contributed by atoms with Crippen molar-refractivity contribution in [2.75, 3.05) is 5.32 Å². The zero-order valence-corrected chi connectivity index (χ0v) is 15.9. The predicted octanol–water partition coefficient (Wildman–Crippen LogP) is 4.78. The molecule has 150 valence electrons. The van der Waals surface area contributed by atoms with Crippen LogP contribution in [0, 0.1) is 13.8 Å². The lowest BCUT2D eigenvalue weighted by atomic mass is 10.1. The largest absolute Gasteiger partial charge is 0.416 e. The van der Waals surface area contributed by atoms with Crippen molar-refractivity contribution in [2.24, 2.45) is 0 Å². The van der Waals surface area contributed by atoms with Crippen molar-refractivity contribution in [1.29, 1.82) is 0 Å². The number of benzene rings is 2. The maximum atomic E-state index is 12.7. The minimum atomic E-state index is -4.42. The van der Waals surface area contributed by atoms with E-state index < -0.39 is 23.2 Å². The molecule has 0 saturated carbocycles. The van der Waals surface area contributed by atoms with Gasteiger partial charge in [0.1, 0.15) is 5.56 Å². The minimum absolute atomic E-state index is 0.0414. The summed E-state index contributed by atoms with van der Waals surface area (Å²) in [6.45, 7) is 3.80. The van der Waals surface area contributed by atoms with E-state index in [-0.39, 0.29) is 12.1 Å². The summed E-state index contributed by atoms with van der Waals surface area (Å²) in [5, 5.41) is 2.75. The topological polar surface area (TPSA) is 51.1 Å². The number of carbonyl (C=O) groups is 1. The van der Waals surface area contributed by atoms with Gasteiger partial charge in [0.2, 0.25) is 0 Å². The van der Waals surface area contributed by atoms with Crippen LogP contribution in [0.2, 0.25) is 0 Å². The van der Waals surface area contributed by atoms with E-state index >= 15 is 0 Å². The number of hydrogen-bond donors (Lipinski definition) is 1. The third-order valence-electron chi connectivity index (χ3n) is 4.54. The van der Waals surface area contributed by atoms with E-state index in [0.29, 0.717) is 11.3 Å². The average molecular weight is 400 g/mol. The lowest BCUT2D eigenvalue weighted by Crippen LogP contribution is -2.29. The van der Waals surface area contributed by atoms with Crippen molar-refractivity contribution in [3.05, 3.63) is 99.0 Å². The molecule has 0 radical (unpaired) electrons. The smallest absolute Gasteiger partial charge is 0.322 e. The fourth-order valence-electron chi connectivity index (χ4n) is 2.89. The van der Waals surface area contributed by atoms with Gasteiger partial charge in [-0.05, 0) is 60.9 Å². The van der Waals surface area contributed by atoms with Crippen LogP contribution < -0.4 is 10.9 Å². The Balaban J connectivity index is 1.83. The van der Waals surface area contributed by atoms with E-state index in [1.165, 1.54) is 29.0 Å². The Morgan fingerprint density at radius 2 is 1.72 bits per heavy atom. The zero-order valence-electron chi connectivity index (χ0n) is 15.9. The molecule has 2 aromatic carbocycles. The fourth-order valence-corrected chi connectivity index (χ4v) is 2.89. The van der Waals surface area contributed by atoms with Crippen molar-refractivity contribution in [2.45, 2.75) is 26.6 Å². The molecule has 0 bridgehead atoms. The predicted molar refractivity (Wildman–Crippen MR) is 105 cm³/mol. The molecule has 3 rings (SSSR count). The Morgan fingerprint density at radius 3 is 2.38 bits per heavy atom. The molecule has 1 N–H and O–H groups in total. The Labute approximate surface area is 165 Å². The molecule has 0 atom stereocenters.